The number of anilines is 1. The number of fused-ring (bicyclic) bond motifs is 1. The summed E-state index contributed by atoms with van der Waals surface area (Å²) >= 11 is 0. The monoisotopic (exact) mass is 577 g/mol. The lowest BCUT2D eigenvalue weighted by atomic mass is 10.0. The number of nitrogens with two attached hydrogens (primary N) is 1. The van der Waals surface area contributed by atoms with Crippen molar-refractivity contribution in [2.75, 3.05) is 25.5 Å². The molecular formula is C28H39N3O8S. The summed E-state index contributed by atoms with van der Waals surface area (Å²) in [4.78, 5) is 18.9. The number of nitrogens with one attached hydrogen (secondary N) is 1. The summed E-state index contributed by atoms with van der Waals surface area (Å²) in [5, 5.41) is 14.1. The second kappa shape index (κ2) is 13.7. The molecule has 0 aromatic heterocycles. The second-order valence-corrected chi connectivity index (χ2v) is 11.9. The summed E-state index contributed by atoms with van der Waals surface area (Å²) in [6.07, 6.45) is -1.23. The van der Waals surface area contributed by atoms with Crippen LogP contribution in [0.2, 0.25) is 0 Å². The van der Waals surface area contributed by atoms with Crippen LogP contribution >= 0.6 is 0 Å². The number of benzene rings is 2. The zero-order valence-corrected chi connectivity index (χ0v) is 23.7. The first-order valence-electron chi connectivity index (χ1n) is 13.7. The van der Waals surface area contributed by atoms with E-state index in [0.29, 0.717) is 25.1 Å². The number of nitrogens with zero attached hydrogens (tertiary/aromatic N) is 1. The first kappa shape index (κ1) is 30.2. The molecule has 4 N–H and O–H groups in total. The van der Waals surface area contributed by atoms with E-state index in [2.05, 4.69) is 5.32 Å². The van der Waals surface area contributed by atoms with Crippen molar-refractivity contribution in [3.05, 3.63) is 60.2 Å². The van der Waals surface area contributed by atoms with Gasteiger partial charge in [0, 0.05) is 5.69 Å². The number of amides is 1. The third kappa shape index (κ3) is 7.50. The van der Waals surface area contributed by atoms with Crippen LogP contribution in [0.1, 0.15) is 38.7 Å². The lowest BCUT2D eigenvalue weighted by Crippen LogP contribution is -2.51. The molecule has 0 unspecified atom stereocenters. The predicted octanol–water partition coefficient (Wildman–Crippen LogP) is 2.84. The Morgan fingerprint density at radius 1 is 1.12 bits per heavy atom. The summed E-state index contributed by atoms with van der Waals surface area (Å²) in [5.74, 6) is -0.0442. The zero-order chi connectivity index (χ0) is 28.7. The van der Waals surface area contributed by atoms with E-state index in [1.807, 2.05) is 44.2 Å². The number of sulfonamides is 1. The van der Waals surface area contributed by atoms with Gasteiger partial charge in [0.05, 0.1) is 48.8 Å². The Morgan fingerprint density at radius 2 is 1.82 bits per heavy atom. The molecule has 0 bridgehead atoms. The van der Waals surface area contributed by atoms with Gasteiger partial charge >= 0.3 is 6.09 Å². The number of carbonyl (C=O) groups is 1. The Hall–Kier alpha value is -2.74. The van der Waals surface area contributed by atoms with E-state index in [1.165, 1.54) is 24.3 Å². The van der Waals surface area contributed by atoms with Crippen LogP contribution in [0.15, 0.2) is 59.5 Å². The SMILES string of the molecule is CCC(CC)ON(C[C@@H](O)[C@H](Cc1ccccc1)NC(=O)O[C@H]1CO[C@H]2OCC[C@H]21)S(=O)(=O)c1ccc(N)cc1. The highest BCUT2D eigenvalue weighted by Crippen LogP contribution is 2.33. The van der Waals surface area contributed by atoms with Crippen molar-refractivity contribution < 1.29 is 37.4 Å². The molecular weight excluding hydrogens is 538 g/mol. The van der Waals surface area contributed by atoms with E-state index in [-0.39, 0.29) is 30.1 Å². The van der Waals surface area contributed by atoms with Gasteiger partial charge in [-0.05, 0) is 55.5 Å². The maximum Gasteiger partial charge on any atom is 0.407 e. The number of rotatable bonds is 13. The molecule has 220 valence electrons. The lowest BCUT2D eigenvalue weighted by molar-refractivity contribution is -0.149. The van der Waals surface area contributed by atoms with Crippen molar-refractivity contribution in [2.24, 2.45) is 5.92 Å². The summed E-state index contributed by atoms with van der Waals surface area (Å²) in [5.41, 5.74) is 7.01. The molecule has 0 saturated carbocycles. The standard InChI is InChI=1S/C28H39N3O8S/c1-3-21(4-2)39-31(40(34,35)22-12-10-20(29)11-13-22)17-25(32)24(16-19-8-6-5-7-9-19)30-28(33)38-26-18-37-27-23(26)14-15-36-27/h5-13,21,23-27,32H,3-4,14-18,29H2,1-2H3,(H,30,33)/t23-,24-,25+,26-,27+/m0/s1. The third-order valence-corrected chi connectivity index (χ3v) is 8.91. The molecule has 11 nitrogen and oxygen atoms in total. The minimum Gasteiger partial charge on any atom is -0.443 e. The summed E-state index contributed by atoms with van der Waals surface area (Å²) in [6, 6.07) is 14.2. The molecule has 2 aromatic carbocycles. The molecule has 0 spiro atoms. The minimum atomic E-state index is -4.17. The van der Waals surface area contributed by atoms with E-state index in [9.17, 15) is 18.3 Å². The van der Waals surface area contributed by atoms with E-state index >= 15 is 0 Å². The fourth-order valence-corrected chi connectivity index (χ4v) is 6.16. The number of nitrogen functional groups attached to an aromatic ring is 1. The summed E-state index contributed by atoms with van der Waals surface area (Å²) < 4.78 is 44.7. The lowest BCUT2D eigenvalue weighted by Gasteiger charge is -2.31. The normalized spacial score (nSPS) is 22.3. The molecule has 2 aliphatic heterocycles. The Bertz CT molecular complexity index is 1190. The molecule has 0 radical (unpaired) electrons. The Balaban J connectivity index is 1.53. The van der Waals surface area contributed by atoms with Crippen molar-refractivity contribution in [1.82, 2.24) is 9.79 Å². The highest BCUT2D eigenvalue weighted by molar-refractivity contribution is 7.89. The van der Waals surface area contributed by atoms with Crippen LogP contribution in [-0.2, 0) is 35.5 Å². The molecule has 0 aliphatic carbocycles. The van der Waals surface area contributed by atoms with E-state index in [1.54, 1.807) is 0 Å². The maximum atomic E-state index is 13.6. The molecule has 2 aromatic rings. The minimum absolute atomic E-state index is 0.0265. The number of hydroxylamine groups is 1. The number of aliphatic hydroxyl groups excluding tert-OH is 1. The first-order chi connectivity index (χ1) is 19.2. The van der Waals surface area contributed by atoms with Crippen LogP contribution in [0, 0.1) is 5.92 Å². The Kier molecular flexibility index (Phi) is 10.4. The molecule has 2 aliphatic rings. The highest BCUT2D eigenvalue weighted by Gasteiger charge is 2.44. The van der Waals surface area contributed by atoms with Crippen molar-refractivity contribution in [3.8, 4) is 0 Å². The molecule has 2 heterocycles. The first-order valence-corrected chi connectivity index (χ1v) is 15.1. The van der Waals surface area contributed by atoms with E-state index in [4.69, 9.17) is 24.8 Å². The zero-order valence-electron chi connectivity index (χ0n) is 22.8. The number of hydrogen-bond acceptors (Lipinski definition) is 9. The average Bonchev–Trinajstić information content (AvgIpc) is 3.56. The van der Waals surface area contributed by atoms with Gasteiger partial charge in [0.1, 0.15) is 6.10 Å². The smallest absolute Gasteiger partial charge is 0.407 e. The number of carbonyl (C=O) groups excluding carboxylic acids is 1. The highest BCUT2D eigenvalue weighted by atomic mass is 32.2. The van der Waals surface area contributed by atoms with Crippen molar-refractivity contribution in [3.63, 3.8) is 0 Å². The van der Waals surface area contributed by atoms with Crippen LogP contribution in [0.5, 0.6) is 0 Å². The molecule has 12 heteroatoms. The van der Waals surface area contributed by atoms with Crippen molar-refractivity contribution >= 4 is 21.8 Å². The van der Waals surface area contributed by atoms with Gasteiger partial charge in [0.25, 0.3) is 10.0 Å². The largest absolute Gasteiger partial charge is 0.443 e. The number of aliphatic hydroxyl groups is 1. The predicted molar refractivity (Wildman–Crippen MR) is 147 cm³/mol. The van der Waals surface area contributed by atoms with Gasteiger partial charge in [-0.15, -0.1) is 0 Å². The molecule has 2 saturated heterocycles. The van der Waals surface area contributed by atoms with Crippen LogP contribution in [0.3, 0.4) is 0 Å². The number of hydrogen-bond donors (Lipinski definition) is 3. The van der Waals surface area contributed by atoms with Gasteiger partial charge in [-0.2, -0.15) is 0 Å². The molecule has 4 rings (SSSR count). The topological polar surface area (TPSA) is 150 Å². The van der Waals surface area contributed by atoms with Gasteiger partial charge in [-0.25, -0.2) is 13.2 Å². The Labute approximate surface area is 235 Å². The fourth-order valence-electron chi connectivity index (χ4n) is 4.86. The second-order valence-electron chi connectivity index (χ2n) is 10.1. The van der Waals surface area contributed by atoms with E-state index < -0.39 is 47.0 Å². The Morgan fingerprint density at radius 3 is 2.50 bits per heavy atom. The number of ether oxygens (including phenoxy) is 3. The van der Waals surface area contributed by atoms with Gasteiger partial charge in [-0.3, -0.25) is 4.84 Å². The quantitative estimate of drug-likeness (QED) is 0.241. The molecule has 2 fully saturated rings. The third-order valence-electron chi connectivity index (χ3n) is 7.27. The van der Waals surface area contributed by atoms with Gasteiger partial charge in [-0.1, -0.05) is 48.6 Å². The van der Waals surface area contributed by atoms with Crippen molar-refractivity contribution in [1.29, 1.82) is 0 Å². The molecule has 5 atom stereocenters. The van der Waals surface area contributed by atoms with Gasteiger partial charge in [0.15, 0.2) is 6.29 Å². The summed E-state index contributed by atoms with van der Waals surface area (Å²) in [7, 11) is -4.17. The molecule has 1 amide bonds. The van der Waals surface area contributed by atoms with Gasteiger partial charge in [0.2, 0.25) is 0 Å². The summed E-state index contributed by atoms with van der Waals surface area (Å²) in [6.45, 7) is 4.13. The van der Waals surface area contributed by atoms with E-state index in [0.717, 1.165) is 16.5 Å². The van der Waals surface area contributed by atoms with Crippen LogP contribution in [0.4, 0.5) is 10.5 Å². The number of alkyl carbamates (subject to hydrolysis) is 1. The van der Waals surface area contributed by atoms with Crippen LogP contribution in [-0.4, -0.2) is 74.5 Å². The van der Waals surface area contributed by atoms with Gasteiger partial charge < -0.3 is 30.4 Å². The van der Waals surface area contributed by atoms with Crippen molar-refractivity contribution in [2.45, 2.75) is 75.1 Å². The average molecular weight is 578 g/mol. The van der Waals surface area contributed by atoms with Crippen LogP contribution in [0.25, 0.3) is 0 Å². The maximum absolute atomic E-state index is 13.6. The van der Waals surface area contributed by atoms with Crippen LogP contribution < -0.4 is 11.1 Å². The fraction of sp³-hybridized carbons (Fsp3) is 0.536. The molecule has 40 heavy (non-hydrogen) atoms.